The lowest BCUT2D eigenvalue weighted by Gasteiger charge is -2.19. The van der Waals surface area contributed by atoms with Crippen LogP contribution in [0.15, 0.2) is 29.2 Å². The topological polar surface area (TPSA) is 46.2 Å². The van der Waals surface area contributed by atoms with E-state index < -0.39 is 9.84 Å². The molecule has 0 aliphatic carbocycles. The van der Waals surface area contributed by atoms with E-state index in [2.05, 4.69) is 19.2 Å². The van der Waals surface area contributed by atoms with Crippen molar-refractivity contribution in [3.63, 3.8) is 0 Å². The first kappa shape index (κ1) is 14.5. The smallest absolute Gasteiger partial charge is 0.180 e. The minimum Gasteiger partial charge on any atom is -0.307 e. The highest BCUT2D eigenvalue weighted by Gasteiger charge is 2.34. The molecule has 106 valence electrons. The van der Waals surface area contributed by atoms with Gasteiger partial charge in [0.2, 0.25) is 0 Å². The van der Waals surface area contributed by atoms with Crippen LogP contribution in [-0.4, -0.2) is 20.2 Å². The number of hydrogen-bond acceptors (Lipinski definition) is 3. The van der Waals surface area contributed by atoms with Crippen LogP contribution in [0.5, 0.6) is 0 Å². The van der Waals surface area contributed by atoms with Crippen molar-refractivity contribution in [3.05, 3.63) is 29.8 Å². The fraction of sp³-hybridized carbons (Fsp3) is 0.600. The first-order chi connectivity index (χ1) is 9.04. The average Bonchev–Trinajstić information content (AvgIpc) is 2.62. The molecule has 2 unspecified atom stereocenters. The van der Waals surface area contributed by atoms with Crippen LogP contribution in [0, 0.1) is 0 Å². The molecular formula is C15H23NO2S. The van der Waals surface area contributed by atoms with Crippen molar-refractivity contribution in [2.45, 2.75) is 56.5 Å². The maximum Gasteiger partial charge on any atom is 0.180 e. The van der Waals surface area contributed by atoms with Gasteiger partial charge in [-0.2, -0.15) is 0 Å². The Morgan fingerprint density at radius 1 is 1.32 bits per heavy atom. The molecule has 19 heavy (non-hydrogen) atoms. The molecule has 1 N–H and O–H groups in total. The minimum atomic E-state index is -3.09. The van der Waals surface area contributed by atoms with Crippen molar-refractivity contribution in [3.8, 4) is 0 Å². The van der Waals surface area contributed by atoms with Crippen LogP contribution in [-0.2, 0) is 9.84 Å². The molecule has 0 saturated heterocycles. The van der Waals surface area contributed by atoms with E-state index in [1.807, 2.05) is 12.1 Å². The molecule has 0 aromatic heterocycles. The normalized spacial score (nSPS) is 22.1. The van der Waals surface area contributed by atoms with Crippen molar-refractivity contribution in [1.29, 1.82) is 0 Å². The lowest BCUT2D eigenvalue weighted by atomic mass is 10.1. The Kier molecular flexibility index (Phi) is 4.63. The molecule has 1 heterocycles. The second-order valence-electron chi connectivity index (χ2n) is 5.44. The highest BCUT2D eigenvalue weighted by atomic mass is 32.2. The standard InChI is InChI=1S/C15H23NO2S/c1-3-4-5-8-12(2)16-14-11-19(17,18)15-10-7-6-9-13(14)15/h6-7,9-10,12,14,16H,3-5,8,11H2,1-2H3. The third-order valence-electron chi connectivity index (χ3n) is 3.74. The molecule has 1 aliphatic rings. The molecule has 3 nitrogen and oxygen atoms in total. The van der Waals surface area contributed by atoms with Gasteiger partial charge in [-0.3, -0.25) is 0 Å². The molecular weight excluding hydrogens is 258 g/mol. The molecule has 0 fully saturated rings. The fourth-order valence-electron chi connectivity index (χ4n) is 2.72. The van der Waals surface area contributed by atoms with Crippen molar-refractivity contribution >= 4 is 9.84 Å². The number of sulfone groups is 1. The van der Waals surface area contributed by atoms with Crippen LogP contribution in [0.4, 0.5) is 0 Å². The van der Waals surface area contributed by atoms with Gasteiger partial charge in [0.25, 0.3) is 0 Å². The molecule has 4 heteroatoms. The van der Waals surface area contributed by atoms with Crippen LogP contribution in [0.2, 0.25) is 0 Å². The van der Waals surface area contributed by atoms with Gasteiger partial charge >= 0.3 is 0 Å². The maximum absolute atomic E-state index is 12.1. The first-order valence-corrected chi connectivity index (χ1v) is 8.77. The zero-order valence-corrected chi connectivity index (χ0v) is 12.5. The summed E-state index contributed by atoms with van der Waals surface area (Å²) in [5, 5.41) is 3.47. The van der Waals surface area contributed by atoms with Gasteiger partial charge in [0.1, 0.15) is 0 Å². The summed E-state index contributed by atoms with van der Waals surface area (Å²) < 4.78 is 24.1. The van der Waals surface area contributed by atoms with Crippen molar-refractivity contribution in [2.24, 2.45) is 0 Å². The van der Waals surface area contributed by atoms with Crippen molar-refractivity contribution < 1.29 is 8.42 Å². The largest absolute Gasteiger partial charge is 0.307 e. The summed E-state index contributed by atoms with van der Waals surface area (Å²) >= 11 is 0. The predicted octanol–water partition coefficient (Wildman–Crippen LogP) is 3.07. The van der Waals surface area contributed by atoms with Crippen molar-refractivity contribution in [1.82, 2.24) is 5.32 Å². The van der Waals surface area contributed by atoms with E-state index in [9.17, 15) is 8.42 Å². The second-order valence-corrected chi connectivity index (χ2v) is 7.44. The predicted molar refractivity (Wildman–Crippen MR) is 78.0 cm³/mol. The minimum absolute atomic E-state index is 0.0437. The van der Waals surface area contributed by atoms with E-state index in [0.717, 1.165) is 12.0 Å². The monoisotopic (exact) mass is 281 g/mol. The summed E-state index contributed by atoms with van der Waals surface area (Å²) in [5.74, 6) is 0.199. The number of nitrogens with one attached hydrogen (secondary N) is 1. The van der Waals surface area contributed by atoms with Crippen molar-refractivity contribution in [2.75, 3.05) is 5.75 Å². The third-order valence-corrected chi connectivity index (χ3v) is 5.56. The molecule has 1 aromatic carbocycles. The van der Waals surface area contributed by atoms with E-state index in [1.54, 1.807) is 12.1 Å². The van der Waals surface area contributed by atoms with Gasteiger partial charge in [-0.05, 0) is 25.0 Å². The molecule has 2 atom stereocenters. The zero-order chi connectivity index (χ0) is 13.9. The maximum atomic E-state index is 12.1. The molecule has 0 radical (unpaired) electrons. The molecule has 1 aromatic rings. The average molecular weight is 281 g/mol. The molecule has 0 saturated carbocycles. The van der Waals surface area contributed by atoms with Crippen LogP contribution >= 0.6 is 0 Å². The van der Waals surface area contributed by atoms with Gasteiger partial charge in [0.15, 0.2) is 9.84 Å². The summed E-state index contributed by atoms with van der Waals surface area (Å²) in [6, 6.07) is 7.67. The number of hydrogen-bond donors (Lipinski definition) is 1. The quantitative estimate of drug-likeness (QED) is 0.815. The Morgan fingerprint density at radius 2 is 2.05 bits per heavy atom. The summed E-state index contributed by atoms with van der Waals surface area (Å²) in [5.41, 5.74) is 0.935. The second kappa shape index (κ2) is 6.06. The molecule has 0 bridgehead atoms. The van der Waals surface area contributed by atoms with E-state index in [1.165, 1.54) is 19.3 Å². The number of fused-ring (bicyclic) bond motifs is 1. The fourth-order valence-corrected chi connectivity index (χ4v) is 4.47. The first-order valence-electron chi connectivity index (χ1n) is 7.12. The van der Waals surface area contributed by atoms with Crippen LogP contribution < -0.4 is 5.32 Å². The number of unbranched alkanes of at least 4 members (excludes halogenated alkanes) is 2. The number of benzene rings is 1. The molecule has 2 rings (SSSR count). The van der Waals surface area contributed by atoms with Crippen LogP contribution in [0.1, 0.15) is 51.1 Å². The van der Waals surface area contributed by atoms with Gasteiger partial charge < -0.3 is 5.32 Å². The Labute approximate surface area is 116 Å². The SMILES string of the molecule is CCCCCC(C)NC1CS(=O)(=O)c2ccccc21. The van der Waals surface area contributed by atoms with Gasteiger partial charge in [-0.15, -0.1) is 0 Å². The van der Waals surface area contributed by atoms with Crippen LogP contribution in [0.25, 0.3) is 0 Å². The highest BCUT2D eigenvalue weighted by Crippen LogP contribution is 2.33. The molecule has 0 amide bonds. The Hall–Kier alpha value is -0.870. The molecule has 0 spiro atoms. The Bertz CT molecular complexity index is 525. The van der Waals surface area contributed by atoms with Crippen LogP contribution in [0.3, 0.4) is 0 Å². The van der Waals surface area contributed by atoms with Gasteiger partial charge in [-0.25, -0.2) is 8.42 Å². The van der Waals surface area contributed by atoms with Gasteiger partial charge in [0.05, 0.1) is 10.6 Å². The Morgan fingerprint density at radius 3 is 2.79 bits per heavy atom. The lowest BCUT2D eigenvalue weighted by Crippen LogP contribution is -2.31. The van der Waals surface area contributed by atoms with Gasteiger partial charge in [-0.1, -0.05) is 44.4 Å². The van der Waals surface area contributed by atoms with E-state index in [-0.39, 0.29) is 11.8 Å². The number of rotatable bonds is 6. The Balaban J connectivity index is 2.03. The van der Waals surface area contributed by atoms with Gasteiger partial charge in [0, 0.05) is 12.1 Å². The molecule has 1 aliphatic heterocycles. The van der Waals surface area contributed by atoms with E-state index in [0.29, 0.717) is 10.9 Å². The summed E-state index contributed by atoms with van der Waals surface area (Å²) in [6.45, 7) is 4.33. The highest BCUT2D eigenvalue weighted by molar-refractivity contribution is 7.91. The summed E-state index contributed by atoms with van der Waals surface area (Å²) in [4.78, 5) is 0.508. The summed E-state index contributed by atoms with van der Waals surface area (Å²) in [6.07, 6.45) is 4.76. The van der Waals surface area contributed by atoms with E-state index >= 15 is 0 Å². The third kappa shape index (κ3) is 3.37. The van der Waals surface area contributed by atoms with E-state index in [4.69, 9.17) is 0 Å². The lowest BCUT2D eigenvalue weighted by molar-refractivity contribution is 0.442. The summed E-state index contributed by atoms with van der Waals surface area (Å²) in [7, 11) is -3.09. The zero-order valence-electron chi connectivity index (χ0n) is 11.7.